The van der Waals surface area contributed by atoms with Gasteiger partial charge in [0.05, 0.1) is 42.7 Å². The lowest BCUT2D eigenvalue weighted by Gasteiger charge is -2.24. The topological polar surface area (TPSA) is 331 Å². The minimum Gasteiger partial charge on any atom is -0.445 e. The summed E-state index contributed by atoms with van der Waals surface area (Å²) < 4.78 is 24.1. The van der Waals surface area contributed by atoms with Crippen molar-refractivity contribution in [3.05, 3.63) is 89.0 Å². The summed E-state index contributed by atoms with van der Waals surface area (Å²) in [5.74, 6) is -2.57. The molecule has 2 aliphatic carbocycles. The predicted octanol–water partition coefficient (Wildman–Crippen LogP) is 6.56. The molecule has 3 aromatic carbocycles. The smallest absolute Gasteiger partial charge is 0.445 e. The number of nitrogens with one attached hydrogen (secondary N) is 4. The molecule has 5 atom stereocenters. The molecule has 0 unspecified atom stereocenters. The number of aryl methyl sites for hydroxylation is 3. The maximum atomic E-state index is 13.9. The number of primary amides is 1. The Hall–Kier alpha value is -9.20. The van der Waals surface area contributed by atoms with Gasteiger partial charge in [0.1, 0.15) is 19.0 Å². The Balaban J connectivity index is 0.694. The van der Waals surface area contributed by atoms with E-state index in [0.29, 0.717) is 59.7 Å². The molecule has 462 valence electrons. The summed E-state index contributed by atoms with van der Waals surface area (Å²) >= 11 is 0. The molecule has 3 aliphatic rings. The average molecular weight is 1200 g/mol. The van der Waals surface area contributed by atoms with E-state index in [1.807, 2.05) is 24.4 Å². The van der Waals surface area contributed by atoms with Gasteiger partial charge in [-0.15, -0.1) is 5.10 Å². The number of hydrogen-bond donors (Lipinski definition) is 5. The van der Waals surface area contributed by atoms with Gasteiger partial charge in [0, 0.05) is 98.7 Å². The van der Waals surface area contributed by atoms with E-state index in [1.54, 1.807) is 69.2 Å². The van der Waals surface area contributed by atoms with Crippen LogP contribution in [-0.2, 0) is 69.0 Å². The summed E-state index contributed by atoms with van der Waals surface area (Å²) in [5, 5.41) is 21.5. The first kappa shape index (κ1) is 62.3. The second kappa shape index (κ2) is 27.9. The number of rotatable bonds is 25. The van der Waals surface area contributed by atoms with Crippen LogP contribution in [0.2, 0.25) is 0 Å². The van der Waals surface area contributed by atoms with Gasteiger partial charge in [-0.2, -0.15) is 0 Å². The Bertz CT molecular complexity index is 3570. The summed E-state index contributed by atoms with van der Waals surface area (Å²) in [6.07, 6.45) is 4.63. The van der Waals surface area contributed by atoms with Gasteiger partial charge in [-0.3, -0.25) is 33.8 Å². The number of benzene rings is 3. The van der Waals surface area contributed by atoms with E-state index in [4.69, 9.17) is 29.5 Å². The first-order valence-corrected chi connectivity index (χ1v) is 29.3. The standard InChI is InChI=1S/C61H74N12O14/c1-34(2)55(67-51(75)33-83-27-26-72-49-18-15-43-42(14-17-48(49)68-69-72)46(43)32-85-61(82)87-73-52(76)19-20-53(73)77)50(74)28-38(8-7-22-64-58(62)79)57(78)65-39-11-9-37(10-12-39)31-84-59(80)70(5)24-25-71(6)60(81)86-40-13-16-47-44(29-40)54-35(3)45-30-63-23-21-41(45)36(4)56(54)66-47/h9-13,16,21,23,29-30,34,38,42-43,46,55,66H,7-8,14-15,17-20,22,24-28,31-33H2,1-6H3,(H,65,78)(H,67,75)(H3,62,64,79)/t38-,42-,43+,46-,55+/m1/s1. The van der Waals surface area contributed by atoms with Crippen molar-refractivity contribution >= 4 is 92.1 Å². The number of imide groups is 1. The van der Waals surface area contributed by atoms with Crippen LogP contribution in [0.3, 0.4) is 0 Å². The minimum atomic E-state index is -1.08. The number of H-pyrrole nitrogens is 1. The van der Waals surface area contributed by atoms with E-state index in [0.717, 1.165) is 67.9 Å². The zero-order valence-electron chi connectivity index (χ0n) is 49.7. The SMILES string of the molecule is Cc1c2ccncc2c(C)c2c1[nH]c1ccc(OC(=O)N(C)CCN(C)C(=O)OCc3ccc(NC(=O)[C@H](CCCNC(N)=O)CC(=O)[C@@H](NC(=O)COCCn4nnc5c4CC[C@H]4[C@@H](CC5)[C@H]4COC(=O)ON4C(=O)CCC4=O)C(C)C)cc3)cc12. The third-order valence-electron chi connectivity index (χ3n) is 16.6. The van der Waals surface area contributed by atoms with Crippen LogP contribution in [0.5, 0.6) is 5.75 Å². The number of aromatic nitrogens is 5. The first-order chi connectivity index (χ1) is 41.7. The highest BCUT2D eigenvalue weighted by molar-refractivity contribution is 6.16. The van der Waals surface area contributed by atoms with Crippen LogP contribution in [0, 0.1) is 43.4 Å². The molecular formula is C61H74N12O14. The number of ketones is 1. The molecule has 0 radical (unpaired) electrons. The zero-order chi connectivity index (χ0) is 62.1. The molecule has 9 rings (SSSR count). The summed E-state index contributed by atoms with van der Waals surface area (Å²) in [6.45, 7) is 8.32. The van der Waals surface area contributed by atoms with E-state index in [1.165, 1.54) is 9.80 Å². The van der Waals surface area contributed by atoms with Crippen LogP contribution in [0.15, 0.2) is 60.9 Å². The lowest BCUT2D eigenvalue weighted by molar-refractivity contribution is -0.177. The number of pyridine rings is 1. The molecule has 4 heterocycles. The number of amides is 8. The highest BCUT2D eigenvalue weighted by atomic mass is 16.8. The molecular weight excluding hydrogens is 1120 g/mol. The van der Waals surface area contributed by atoms with Crippen molar-refractivity contribution in [2.75, 3.05) is 58.9 Å². The second-order valence-electron chi connectivity index (χ2n) is 22.9. The van der Waals surface area contributed by atoms with Crippen molar-refractivity contribution in [1.29, 1.82) is 0 Å². The maximum Gasteiger partial charge on any atom is 0.533 e. The van der Waals surface area contributed by atoms with Crippen molar-refractivity contribution in [2.24, 2.45) is 35.3 Å². The van der Waals surface area contributed by atoms with Crippen LogP contribution in [0.1, 0.15) is 86.9 Å². The van der Waals surface area contributed by atoms with E-state index in [-0.39, 0.29) is 89.4 Å². The molecule has 1 aliphatic heterocycles. The molecule has 0 bridgehead atoms. The van der Waals surface area contributed by atoms with E-state index >= 15 is 0 Å². The average Bonchev–Trinajstić information content (AvgIpc) is 1.66. The van der Waals surface area contributed by atoms with Gasteiger partial charge >= 0.3 is 24.4 Å². The largest absolute Gasteiger partial charge is 0.533 e. The molecule has 1 saturated carbocycles. The van der Waals surface area contributed by atoms with Crippen LogP contribution in [-0.4, -0.2) is 153 Å². The number of Topliss-reactive ketones (excluding diaryl/α,β-unsaturated/α-hetero) is 1. The Morgan fingerprint density at radius 3 is 2.30 bits per heavy atom. The fourth-order valence-electron chi connectivity index (χ4n) is 11.6. The Morgan fingerprint density at radius 2 is 1.57 bits per heavy atom. The van der Waals surface area contributed by atoms with Gasteiger partial charge in [-0.05, 0) is 135 Å². The monoisotopic (exact) mass is 1200 g/mol. The molecule has 0 spiro atoms. The number of fused-ring (bicyclic) bond motifs is 6. The van der Waals surface area contributed by atoms with Crippen LogP contribution in [0.4, 0.5) is 24.9 Å². The minimum absolute atomic E-state index is 0.00807. The van der Waals surface area contributed by atoms with Crippen LogP contribution < -0.4 is 26.4 Å². The number of likely N-dealkylation sites (N-methyl/N-ethyl adjacent to an activating group) is 2. The predicted molar refractivity (Wildman–Crippen MR) is 315 cm³/mol. The van der Waals surface area contributed by atoms with Crippen LogP contribution in [0.25, 0.3) is 32.6 Å². The molecule has 87 heavy (non-hydrogen) atoms. The van der Waals surface area contributed by atoms with Gasteiger partial charge in [-0.1, -0.05) is 36.3 Å². The van der Waals surface area contributed by atoms with Gasteiger partial charge in [0.2, 0.25) is 11.8 Å². The van der Waals surface area contributed by atoms with Crippen molar-refractivity contribution in [2.45, 2.75) is 105 Å². The lowest BCUT2D eigenvalue weighted by atomic mass is 9.89. The molecule has 2 fully saturated rings. The van der Waals surface area contributed by atoms with Crippen molar-refractivity contribution in [3.63, 3.8) is 0 Å². The third-order valence-corrected chi connectivity index (χ3v) is 16.6. The highest BCUT2D eigenvalue weighted by Gasteiger charge is 2.51. The third kappa shape index (κ3) is 15.3. The number of hydrogen-bond acceptors (Lipinski definition) is 17. The van der Waals surface area contributed by atoms with E-state index in [9.17, 15) is 43.2 Å². The number of nitrogens with two attached hydrogens (primary N) is 1. The number of carbonyl (C=O) groups excluding carboxylic acids is 9. The number of ether oxygens (including phenoxy) is 4. The molecule has 1 saturated heterocycles. The number of carbonyl (C=O) groups is 9. The number of hydroxylamine groups is 2. The maximum absolute atomic E-state index is 13.9. The number of aromatic amines is 1. The number of urea groups is 1. The van der Waals surface area contributed by atoms with E-state index < -0.39 is 60.0 Å². The molecule has 8 amide bonds. The second-order valence-corrected chi connectivity index (χ2v) is 22.9. The van der Waals surface area contributed by atoms with Crippen LogP contribution >= 0.6 is 0 Å². The zero-order valence-corrected chi connectivity index (χ0v) is 49.7. The lowest BCUT2D eigenvalue weighted by Crippen LogP contribution is -2.47. The first-order valence-electron chi connectivity index (χ1n) is 29.3. The van der Waals surface area contributed by atoms with Crippen molar-refractivity contribution in [3.8, 4) is 5.75 Å². The number of nitrogens with zero attached hydrogens (tertiary/aromatic N) is 7. The summed E-state index contributed by atoms with van der Waals surface area (Å²) in [6, 6.07) is 12.5. The summed E-state index contributed by atoms with van der Waals surface area (Å²) in [5.41, 5.74) is 12.2. The summed E-state index contributed by atoms with van der Waals surface area (Å²) in [7, 11) is 3.14. The molecule has 3 aromatic heterocycles. The molecule has 26 heteroatoms. The van der Waals surface area contributed by atoms with E-state index in [2.05, 4.69) is 50.1 Å². The van der Waals surface area contributed by atoms with Crippen molar-refractivity contribution in [1.82, 2.24) is 50.5 Å². The molecule has 26 nitrogen and oxygen atoms in total. The molecule has 6 aromatic rings. The number of anilines is 1. The highest BCUT2D eigenvalue weighted by Crippen LogP contribution is 2.53. The fourth-order valence-corrected chi connectivity index (χ4v) is 11.6. The fraction of sp³-hybridized carbons (Fsp3) is 0.475. The van der Waals surface area contributed by atoms with Gasteiger partial charge in [0.25, 0.3) is 11.8 Å². The Morgan fingerprint density at radius 1 is 0.851 bits per heavy atom. The quantitative estimate of drug-likeness (QED) is 0.0230. The normalized spacial score (nSPS) is 17.0. The van der Waals surface area contributed by atoms with Gasteiger partial charge in [0.15, 0.2) is 5.78 Å². The Kier molecular flexibility index (Phi) is 20.0. The Labute approximate surface area is 501 Å². The molecule has 6 N–H and O–H groups in total. The van der Waals surface area contributed by atoms with Gasteiger partial charge in [-0.25, -0.2) is 23.9 Å². The summed E-state index contributed by atoms with van der Waals surface area (Å²) in [4.78, 5) is 130. The van der Waals surface area contributed by atoms with Gasteiger partial charge < -0.3 is 55.4 Å². The van der Waals surface area contributed by atoms with Crippen molar-refractivity contribution < 1.29 is 66.9 Å².